The third-order valence-corrected chi connectivity index (χ3v) is 2.51. The smallest absolute Gasteiger partial charge is 0.252 e. The minimum atomic E-state index is -0.395. The number of hydrogen-bond acceptors (Lipinski definition) is 1. The third kappa shape index (κ3) is 1.51. The summed E-state index contributed by atoms with van der Waals surface area (Å²) < 4.78 is 0. The fourth-order valence-corrected chi connectivity index (χ4v) is 1.77. The molecule has 0 fully saturated rings. The molecule has 0 aliphatic carbocycles. The summed E-state index contributed by atoms with van der Waals surface area (Å²) in [7, 11) is 0. The predicted octanol–water partition coefficient (Wildman–Crippen LogP) is 3.53. The molecular weight excluding hydrogens is 196 g/mol. The van der Waals surface area contributed by atoms with E-state index in [0.717, 1.165) is 16.3 Å². The molecule has 0 bridgehead atoms. The fraction of sp³-hybridized carbons (Fsp3) is 0.0833. The van der Waals surface area contributed by atoms with Crippen LogP contribution >= 0.6 is 11.6 Å². The van der Waals surface area contributed by atoms with Gasteiger partial charge in [-0.25, -0.2) is 0 Å². The van der Waals surface area contributed by atoms with Crippen molar-refractivity contribution < 1.29 is 4.79 Å². The maximum atomic E-state index is 11.1. The van der Waals surface area contributed by atoms with Gasteiger partial charge in [0.15, 0.2) is 0 Å². The lowest BCUT2D eigenvalue weighted by Gasteiger charge is -2.03. The van der Waals surface area contributed by atoms with Crippen LogP contribution in [0.1, 0.15) is 15.9 Å². The van der Waals surface area contributed by atoms with Crippen LogP contribution in [0.4, 0.5) is 0 Å². The van der Waals surface area contributed by atoms with Gasteiger partial charge in [0, 0.05) is 5.56 Å². The molecule has 2 aromatic carbocycles. The quantitative estimate of drug-likeness (QED) is 0.650. The second kappa shape index (κ2) is 3.43. The molecule has 0 spiro atoms. The van der Waals surface area contributed by atoms with Crippen LogP contribution in [0.25, 0.3) is 10.8 Å². The zero-order valence-corrected chi connectivity index (χ0v) is 8.51. The number of carbonyl (C=O) groups is 1. The maximum absolute atomic E-state index is 11.1. The molecule has 0 unspecified atom stereocenters. The zero-order chi connectivity index (χ0) is 10.1. The second-order valence-corrected chi connectivity index (χ2v) is 3.63. The second-order valence-electron chi connectivity index (χ2n) is 3.29. The summed E-state index contributed by atoms with van der Waals surface area (Å²) in [5.41, 5.74) is 1.51. The molecule has 0 aliphatic heterocycles. The van der Waals surface area contributed by atoms with E-state index >= 15 is 0 Å². The Labute approximate surface area is 87.3 Å². The third-order valence-electron chi connectivity index (χ3n) is 2.30. The van der Waals surface area contributed by atoms with Crippen LogP contribution in [-0.4, -0.2) is 5.24 Å². The average Bonchev–Trinajstić information content (AvgIpc) is 2.16. The largest absolute Gasteiger partial charge is 0.276 e. The Morgan fingerprint density at radius 3 is 2.29 bits per heavy atom. The van der Waals surface area contributed by atoms with E-state index in [4.69, 9.17) is 11.6 Å². The summed E-state index contributed by atoms with van der Waals surface area (Å²) in [6, 6.07) is 11.7. The van der Waals surface area contributed by atoms with Crippen molar-refractivity contribution in [2.24, 2.45) is 0 Å². The molecule has 0 aromatic heterocycles. The standard InChI is InChI=1S/C12H9ClO/c1-8-6-9-4-2-3-5-10(9)7-11(8)12(13)14/h2-7H,1H3. The predicted molar refractivity (Wildman–Crippen MR) is 58.9 cm³/mol. The molecule has 2 aromatic rings. The number of carbonyl (C=O) groups excluding carboxylic acids is 1. The SMILES string of the molecule is Cc1cc2ccccc2cc1C(=O)Cl. The van der Waals surface area contributed by atoms with Crippen molar-refractivity contribution in [3.05, 3.63) is 47.5 Å². The van der Waals surface area contributed by atoms with Gasteiger partial charge in [0.25, 0.3) is 5.24 Å². The Morgan fingerprint density at radius 1 is 1.14 bits per heavy atom. The molecule has 70 valence electrons. The van der Waals surface area contributed by atoms with Crippen LogP contribution in [0.2, 0.25) is 0 Å². The van der Waals surface area contributed by atoms with E-state index in [1.807, 2.05) is 43.3 Å². The highest BCUT2D eigenvalue weighted by Crippen LogP contribution is 2.20. The van der Waals surface area contributed by atoms with Gasteiger partial charge < -0.3 is 0 Å². The minimum Gasteiger partial charge on any atom is -0.276 e. The number of benzene rings is 2. The van der Waals surface area contributed by atoms with Gasteiger partial charge >= 0.3 is 0 Å². The fourth-order valence-electron chi connectivity index (χ4n) is 1.57. The Balaban J connectivity index is 2.77. The van der Waals surface area contributed by atoms with Crippen LogP contribution in [0.3, 0.4) is 0 Å². The number of halogens is 1. The van der Waals surface area contributed by atoms with Gasteiger partial charge in [0.05, 0.1) is 0 Å². The minimum absolute atomic E-state index is 0.395. The molecule has 0 saturated carbocycles. The van der Waals surface area contributed by atoms with E-state index < -0.39 is 5.24 Å². The first-order chi connectivity index (χ1) is 6.68. The van der Waals surface area contributed by atoms with Crippen LogP contribution in [0.15, 0.2) is 36.4 Å². The van der Waals surface area contributed by atoms with Crippen molar-refractivity contribution in [3.63, 3.8) is 0 Å². The van der Waals surface area contributed by atoms with Gasteiger partial charge in [-0.1, -0.05) is 30.3 Å². The van der Waals surface area contributed by atoms with Crippen molar-refractivity contribution in [1.29, 1.82) is 0 Å². The number of aryl methyl sites for hydroxylation is 1. The van der Waals surface area contributed by atoms with E-state index in [1.165, 1.54) is 0 Å². The van der Waals surface area contributed by atoms with E-state index in [2.05, 4.69) is 0 Å². The maximum Gasteiger partial charge on any atom is 0.252 e. The molecule has 2 heteroatoms. The van der Waals surface area contributed by atoms with Crippen molar-refractivity contribution in [1.82, 2.24) is 0 Å². The molecule has 0 heterocycles. The van der Waals surface area contributed by atoms with Crippen LogP contribution in [-0.2, 0) is 0 Å². The Morgan fingerprint density at radius 2 is 1.71 bits per heavy atom. The summed E-state index contributed by atoms with van der Waals surface area (Å²) in [5, 5.41) is 1.78. The number of hydrogen-bond donors (Lipinski definition) is 0. The van der Waals surface area contributed by atoms with Gasteiger partial charge in [-0.2, -0.15) is 0 Å². The highest BCUT2D eigenvalue weighted by molar-refractivity contribution is 6.68. The van der Waals surface area contributed by atoms with Crippen LogP contribution in [0, 0.1) is 6.92 Å². The van der Waals surface area contributed by atoms with E-state index in [0.29, 0.717) is 5.56 Å². The normalized spacial score (nSPS) is 10.4. The molecule has 0 radical (unpaired) electrons. The first-order valence-corrected chi connectivity index (χ1v) is 4.75. The molecule has 1 nitrogen and oxygen atoms in total. The zero-order valence-electron chi connectivity index (χ0n) is 7.75. The van der Waals surface area contributed by atoms with E-state index in [1.54, 1.807) is 0 Å². The van der Waals surface area contributed by atoms with Crippen molar-refractivity contribution in [2.45, 2.75) is 6.92 Å². The van der Waals surface area contributed by atoms with Gasteiger partial charge in [0.1, 0.15) is 0 Å². The lowest BCUT2D eigenvalue weighted by Crippen LogP contribution is -1.93. The van der Waals surface area contributed by atoms with Gasteiger partial charge in [-0.05, 0) is 40.9 Å². The molecular formula is C12H9ClO. The number of fused-ring (bicyclic) bond motifs is 1. The summed E-state index contributed by atoms with van der Waals surface area (Å²) in [4.78, 5) is 11.1. The molecule has 14 heavy (non-hydrogen) atoms. The van der Waals surface area contributed by atoms with Crippen molar-refractivity contribution in [3.8, 4) is 0 Å². The first kappa shape index (κ1) is 9.22. The Hall–Kier alpha value is -1.34. The summed E-state index contributed by atoms with van der Waals surface area (Å²) in [5.74, 6) is 0. The van der Waals surface area contributed by atoms with Crippen LogP contribution in [0.5, 0.6) is 0 Å². The molecule has 2 rings (SSSR count). The van der Waals surface area contributed by atoms with Crippen molar-refractivity contribution >= 4 is 27.6 Å². The summed E-state index contributed by atoms with van der Waals surface area (Å²) in [6.45, 7) is 1.89. The van der Waals surface area contributed by atoms with Crippen LogP contribution < -0.4 is 0 Å². The monoisotopic (exact) mass is 204 g/mol. The lowest BCUT2D eigenvalue weighted by atomic mass is 10.0. The summed E-state index contributed by atoms with van der Waals surface area (Å²) >= 11 is 5.47. The van der Waals surface area contributed by atoms with Crippen molar-refractivity contribution in [2.75, 3.05) is 0 Å². The van der Waals surface area contributed by atoms with E-state index in [9.17, 15) is 4.79 Å². The molecule has 0 N–H and O–H groups in total. The van der Waals surface area contributed by atoms with E-state index in [-0.39, 0.29) is 0 Å². The lowest BCUT2D eigenvalue weighted by molar-refractivity contribution is 0.108. The van der Waals surface area contributed by atoms with Gasteiger partial charge in [0.2, 0.25) is 0 Å². The summed E-state index contributed by atoms with van der Waals surface area (Å²) in [6.07, 6.45) is 0. The molecule has 0 saturated heterocycles. The van der Waals surface area contributed by atoms with Gasteiger partial charge in [-0.15, -0.1) is 0 Å². The first-order valence-electron chi connectivity index (χ1n) is 4.38. The highest BCUT2D eigenvalue weighted by Gasteiger charge is 2.06. The Kier molecular flexibility index (Phi) is 2.26. The Bertz CT molecular complexity index is 503. The molecule has 0 atom stereocenters. The molecule has 0 amide bonds. The average molecular weight is 205 g/mol. The topological polar surface area (TPSA) is 17.1 Å². The highest BCUT2D eigenvalue weighted by atomic mass is 35.5. The number of rotatable bonds is 1. The molecule has 0 aliphatic rings. The van der Waals surface area contributed by atoms with Gasteiger partial charge in [-0.3, -0.25) is 4.79 Å².